The third kappa shape index (κ3) is 72.5. The van der Waals surface area contributed by atoms with Crippen LogP contribution >= 0.6 is 15.6 Å². The molecule has 0 aromatic rings. The van der Waals surface area contributed by atoms with Crippen LogP contribution in [0.15, 0.2) is 24.3 Å². The van der Waals surface area contributed by atoms with Crippen molar-refractivity contribution in [3.8, 4) is 0 Å². The molecule has 0 amide bonds. The minimum absolute atomic E-state index is 0.0841. The number of esters is 4. The van der Waals surface area contributed by atoms with Crippen LogP contribution in [0.1, 0.15) is 395 Å². The first-order valence-electron chi connectivity index (χ1n) is 41.2. The van der Waals surface area contributed by atoms with E-state index in [9.17, 15) is 43.2 Å². The number of ether oxygens (including phenoxy) is 4. The first-order chi connectivity index (χ1) is 48.3. The second-order valence-electron chi connectivity index (χ2n) is 29.7. The highest BCUT2D eigenvalue weighted by Gasteiger charge is 2.30. The number of hydrogen-bond acceptors (Lipinski definition) is 15. The van der Waals surface area contributed by atoms with E-state index in [-0.39, 0.29) is 25.7 Å². The average Bonchev–Trinajstić information content (AvgIpc) is 0.923. The lowest BCUT2D eigenvalue weighted by atomic mass is 9.99. The van der Waals surface area contributed by atoms with Crippen LogP contribution in [0.3, 0.4) is 0 Å². The Hall–Kier alpha value is -2.46. The van der Waals surface area contributed by atoms with Crippen molar-refractivity contribution in [1.82, 2.24) is 0 Å². The monoisotopic (exact) mass is 1460 g/mol. The maximum Gasteiger partial charge on any atom is 0.472 e. The summed E-state index contributed by atoms with van der Waals surface area (Å²) < 4.78 is 68.6. The fraction of sp³-hybridized carbons (Fsp3) is 0.901. The van der Waals surface area contributed by atoms with Crippen molar-refractivity contribution in [2.75, 3.05) is 39.6 Å². The lowest BCUT2D eigenvalue weighted by Crippen LogP contribution is -2.30. The fourth-order valence-corrected chi connectivity index (χ4v) is 13.5. The van der Waals surface area contributed by atoms with Gasteiger partial charge in [0.15, 0.2) is 12.2 Å². The molecule has 0 aliphatic rings. The van der Waals surface area contributed by atoms with Crippen LogP contribution in [0.2, 0.25) is 0 Å². The fourth-order valence-electron chi connectivity index (χ4n) is 11.9. The summed E-state index contributed by atoms with van der Waals surface area (Å²) in [5.41, 5.74) is 0. The SMILES string of the molecule is CCCCCC/C=C\C=C/CCCCCCCC(=O)O[C@H](COC(=O)CCCCCCCCCC(C)C)COP(=O)(O)OCC(O)COP(=O)(O)OC[C@@H](COC(=O)CCCCCCCCCCCCCCCCCCCCC(C)CC)OC(=O)CCCCCCCCCCCCC(C)C. The van der Waals surface area contributed by atoms with Crippen LogP contribution in [-0.2, 0) is 65.4 Å². The molecule has 100 heavy (non-hydrogen) atoms. The van der Waals surface area contributed by atoms with E-state index < -0.39 is 97.5 Å². The van der Waals surface area contributed by atoms with E-state index in [2.05, 4.69) is 72.8 Å². The molecule has 0 aromatic carbocycles. The molecule has 0 aromatic heterocycles. The van der Waals surface area contributed by atoms with E-state index in [0.29, 0.717) is 31.6 Å². The maximum atomic E-state index is 13.1. The third-order valence-corrected chi connectivity index (χ3v) is 20.5. The molecular formula is C81H154O17P2. The molecule has 0 aliphatic carbocycles. The molecule has 3 N–H and O–H groups in total. The molecule has 19 heteroatoms. The third-order valence-electron chi connectivity index (χ3n) is 18.6. The van der Waals surface area contributed by atoms with Crippen molar-refractivity contribution >= 4 is 39.5 Å². The van der Waals surface area contributed by atoms with Gasteiger partial charge in [-0.2, -0.15) is 0 Å². The summed E-state index contributed by atoms with van der Waals surface area (Å²) in [6.45, 7) is 11.9. The van der Waals surface area contributed by atoms with Gasteiger partial charge in [-0.05, 0) is 69.1 Å². The number of aliphatic hydroxyl groups is 1. The minimum atomic E-state index is -4.97. The quantitative estimate of drug-likeness (QED) is 0.0169. The minimum Gasteiger partial charge on any atom is -0.462 e. The van der Waals surface area contributed by atoms with Crippen LogP contribution in [0.5, 0.6) is 0 Å². The number of carbonyl (C=O) groups excluding carboxylic acids is 4. The summed E-state index contributed by atoms with van der Waals surface area (Å²) in [4.78, 5) is 72.9. The number of hydrogen-bond donors (Lipinski definition) is 3. The van der Waals surface area contributed by atoms with Gasteiger partial charge < -0.3 is 33.8 Å². The van der Waals surface area contributed by atoms with Gasteiger partial charge in [0.1, 0.15) is 19.3 Å². The van der Waals surface area contributed by atoms with Gasteiger partial charge in [-0.1, -0.05) is 342 Å². The highest BCUT2D eigenvalue weighted by molar-refractivity contribution is 7.47. The Balaban J connectivity index is 5.21. The summed E-state index contributed by atoms with van der Waals surface area (Å²) >= 11 is 0. The van der Waals surface area contributed by atoms with Crippen LogP contribution in [0.25, 0.3) is 0 Å². The second-order valence-corrected chi connectivity index (χ2v) is 32.6. The highest BCUT2D eigenvalue weighted by Crippen LogP contribution is 2.45. The van der Waals surface area contributed by atoms with Gasteiger partial charge in [-0.25, -0.2) is 9.13 Å². The standard InChI is InChI=1S/C81H154O17P2/c1-8-10-11-12-13-14-15-16-21-26-29-35-42-50-57-64-80(85)98-77(69-92-79(84)63-56-49-44-37-39-46-53-60-73(5)6)71-96-100(89,90)94-67-75(82)66-93-99(87,88)95-70-76(97-81(86)65-58-51-43-36-31-30-32-38-45-52-59-72(3)4)68-91-78(83)62-55-48-41-34-28-25-23-20-18-17-19-22-24-27-33-40-47-54-61-74(7)9-2/h14-16,21,72-77,82H,8-13,17-20,22-71H2,1-7H3,(H,87,88)(H,89,90)/b15-14-,21-16-/t74?,75?,76-,77-/m1/s1. The van der Waals surface area contributed by atoms with Crippen LogP contribution in [0.4, 0.5) is 0 Å². The Morgan fingerprint density at radius 1 is 0.330 bits per heavy atom. The number of allylic oxidation sites excluding steroid dienone is 4. The molecule has 0 saturated heterocycles. The summed E-state index contributed by atoms with van der Waals surface area (Å²) in [7, 11) is -9.93. The first-order valence-corrected chi connectivity index (χ1v) is 44.2. The average molecular weight is 1460 g/mol. The Kier molecular flexibility index (Phi) is 69.1. The molecule has 0 heterocycles. The summed E-state index contributed by atoms with van der Waals surface area (Å²) in [6.07, 6.45) is 62.0. The lowest BCUT2D eigenvalue weighted by Gasteiger charge is -2.21. The highest BCUT2D eigenvalue weighted by atomic mass is 31.2. The van der Waals surface area contributed by atoms with Gasteiger partial charge in [-0.3, -0.25) is 37.3 Å². The molecule has 0 radical (unpaired) electrons. The molecule has 0 fully saturated rings. The summed E-state index contributed by atoms with van der Waals surface area (Å²) in [5, 5.41) is 10.6. The summed E-state index contributed by atoms with van der Waals surface area (Å²) in [5.74, 6) is 0.180. The number of aliphatic hydroxyl groups excluding tert-OH is 1. The van der Waals surface area contributed by atoms with E-state index in [1.54, 1.807) is 0 Å². The van der Waals surface area contributed by atoms with Crippen LogP contribution < -0.4 is 0 Å². The topological polar surface area (TPSA) is 237 Å². The van der Waals surface area contributed by atoms with Crippen LogP contribution in [0, 0.1) is 17.8 Å². The van der Waals surface area contributed by atoms with Crippen molar-refractivity contribution in [2.45, 2.75) is 414 Å². The Morgan fingerprint density at radius 2 is 0.590 bits per heavy atom. The zero-order valence-electron chi connectivity index (χ0n) is 65.2. The van der Waals surface area contributed by atoms with Crippen molar-refractivity contribution in [3.05, 3.63) is 24.3 Å². The van der Waals surface area contributed by atoms with Gasteiger partial charge >= 0.3 is 39.5 Å². The maximum absolute atomic E-state index is 13.1. The predicted octanol–water partition coefficient (Wildman–Crippen LogP) is 23.7. The van der Waals surface area contributed by atoms with E-state index in [1.165, 1.54) is 186 Å². The van der Waals surface area contributed by atoms with E-state index in [4.69, 9.17) is 37.0 Å². The van der Waals surface area contributed by atoms with Crippen molar-refractivity contribution in [3.63, 3.8) is 0 Å². The van der Waals surface area contributed by atoms with Crippen LogP contribution in [-0.4, -0.2) is 96.7 Å². The smallest absolute Gasteiger partial charge is 0.462 e. The van der Waals surface area contributed by atoms with Gasteiger partial charge in [-0.15, -0.1) is 0 Å². The molecule has 6 atom stereocenters. The Labute approximate surface area is 612 Å². The van der Waals surface area contributed by atoms with Crippen molar-refractivity contribution in [1.29, 1.82) is 0 Å². The lowest BCUT2D eigenvalue weighted by molar-refractivity contribution is -0.161. The number of carbonyl (C=O) groups is 4. The normalized spacial score (nSPS) is 14.4. The van der Waals surface area contributed by atoms with Gasteiger partial charge in [0.05, 0.1) is 26.4 Å². The van der Waals surface area contributed by atoms with Crippen molar-refractivity contribution in [2.24, 2.45) is 17.8 Å². The van der Waals surface area contributed by atoms with E-state index >= 15 is 0 Å². The number of phosphoric acid groups is 2. The molecule has 17 nitrogen and oxygen atoms in total. The van der Waals surface area contributed by atoms with E-state index in [0.717, 1.165) is 121 Å². The van der Waals surface area contributed by atoms with Gasteiger partial charge in [0, 0.05) is 25.7 Å². The molecule has 4 unspecified atom stereocenters. The van der Waals surface area contributed by atoms with Crippen molar-refractivity contribution < 1.29 is 80.2 Å². The van der Waals surface area contributed by atoms with E-state index in [1.807, 2.05) is 0 Å². The number of unbranched alkanes of at least 4 members (excludes halogenated alkanes) is 41. The molecule has 0 spiro atoms. The van der Waals surface area contributed by atoms with Gasteiger partial charge in [0.25, 0.3) is 0 Å². The second kappa shape index (κ2) is 70.8. The predicted molar refractivity (Wildman–Crippen MR) is 409 cm³/mol. The Bertz CT molecular complexity index is 2040. The number of phosphoric ester groups is 2. The molecule has 0 rings (SSSR count). The zero-order valence-corrected chi connectivity index (χ0v) is 66.9. The molecule has 590 valence electrons. The first kappa shape index (κ1) is 97.5. The zero-order chi connectivity index (χ0) is 73.7. The molecule has 0 saturated carbocycles. The largest absolute Gasteiger partial charge is 0.472 e. The molecular weight excluding hydrogens is 1310 g/mol. The Morgan fingerprint density at radius 3 is 0.890 bits per heavy atom. The summed E-state index contributed by atoms with van der Waals surface area (Å²) in [6, 6.07) is 0. The van der Waals surface area contributed by atoms with Gasteiger partial charge in [0.2, 0.25) is 0 Å². The molecule has 0 bridgehead atoms. The number of rotatable bonds is 77. The molecule has 0 aliphatic heterocycles.